The summed E-state index contributed by atoms with van der Waals surface area (Å²) in [5.74, 6) is 0.446. The Balaban J connectivity index is 0.00000220. The molecule has 1 heterocycles. The van der Waals surface area contributed by atoms with Crippen LogP contribution in [0.2, 0.25) is 0 Å². The van der Waals surface area contributed by atoms with Crippen LogP contribution < -0.4 is 10.1 Å². The summed E-state index contributed by atoms with van der Waals surface area (Å²) in [6.07, 6.45) is 0. The van der Waals surface area contributed by atoms with E-state index in [1.54, 1.807) is 6.07 Å². The highest BCUT2D eigenvalue weighted by Crippen LogP contribution is 2.31. The number of halogens is 1. The Kier molecular flexibility index (Phi) is 6.04. The first-order valence-corrected chi connectivity index (χ1v) is 8.19. The number of nitrogens with zero attached hydrogens (tertiary/aromatic N) is 1. The Morgan fingerprint density at radius 1 is 1.33 bits per heavy atom. The summed E-state index contributed by atoms with van der Waals surface area (Å²) in [4.78, 5) is 0.270. The highest BCUT2D eigenvalue weighted by Gasteiger charge is 2.31. The van der Waals surface area contributed by atoms with Gasteiger partial charge < -0.3 is 10.1 Å². The van der Waals surface area contributed by atoms with Crippen LogP contribution in [-0.2, 0) is 10.0 Å². The van der Waals surface area contributed by atoms with Crippen molar-refractivity contribution in [3.63, 3.8) is 0 Å². The maximum Gasteiger partial charge on any atom is 0.246 e. The maximum atomic E-state index is 12.8. The molecule has 0 bridgehead atoms. The number of rotatable bonds is 3. The minimum atomic E-state index is -3.51. The monoisotopic (exact) mass is 334 g/mol. The van der Waals surface area contributed by atoms with Crippen molar-refractivity contribution >= 4 is 22.4 Å². The smallest absolute Gasteiger partial charge is 0.246 e. The fourth-order valence-electron chi connectivity index (χ4n) is 2.62. The molecule has 1 aromatic rings. The molecular weight excluding hydrogens is 312 g/mol. The van der Waals surface area contributed by atoms with Crippen molar-refractivity contribution in [1.82, 2.24) is 9.62 Å². The summed E-state index contributed by atoms with van der Waals surface area (Å²) < 4.78 is 32.5. The van der Waals surface area contributed by atoms with Gasteiger partial charge in [-0.2, -0.15) is 4.31 Å². The standard InChI is InChI=1S/C14H22N2O3S.ClH/c1-10-7-11(2)14(19-4)13(8-10)20(17,18)16-6-5-15-12(3)9-16;/h7-8,12,15H,5-6,9H2,1-4H3;1H/t12-;/m0./s1. The number of ether oxygens (including phenoxy) is 1. The molecule has 0 unspecified atom stereocenters. The average Bonchev–Trinajstić information content (AvgIpc) is 2.38. The van der Waals surface area contributed by atoms with Crippen molar-refractivity contribution in [3.8, 4) is 5.75 Å². The van der Waals surface area contributed by atoms with E-state index >= 15 is 0 Å². The number of hydrogen-bond acceptors (Lipinski definition) is 4. The van der Waals surface area contributed by atoms with Crippen molar-refractivity contribution in [2.75, 3.05) is 26.7 Å². The highest BCUT2D eigenvalue weighted by molar-refractivity contribution is 7.89. The van der Waals surface area contributed by atoms with E-state index < -0.39 is 10.0 Å². The van der Waals surface area contributed by atoms with Gasteiger partial charge in [0.05, 0.1) is 7.11 Å². The van der Waals surface area contributed by atoms with Gasteiger partial charge in [0.2, 0.25) is 10.0 Å². The van der Waals surface area contributed by atoms with Gasteiger partial charge in [0.25, 0.3) is 0 Å². The largest absolute Gasteiger partial charge is 0.495 e. The predicted molar refractivity (Wildman–Crippen MR) is 85.9 cm³/mol. The molecule has 0 amide bonds. The van der Waals surface area contributed by atoms with Gasteiger partial charge in [-0.25, -0.2) is 8.42 Å². The van der Waals surface area contributed by atoms with E-state index in [1.165, 1.54) is 11.4 Å². The Labute approximate surface area is 133 Å². The summed E-state index contributed by atoms with van der Waals surface area (Å²) in [5.41, 5.74) is 1.76. The molecule has 0 radical (unpaired) electrons. The number of nitrogens with one attached hydrogen (secondary N) is 1. The Hall–Kier alpha value is -0.820. The van der Waals surface area contributed by atoms with Gasteiger partial charge in [0.15, 0.2) is 0 Å². The second-order valence-electron chi connectivity index (χ2n) is 5.33. The van der Waals surface area contributed by atoms with Crippen molar-refractivity contribution in [1.29, 1.82) is 0 Å². The minimum absolute atomic E-state index is 0. The number of hydrogen-bond donors (Lipinski definition) is 1. The third kappa shape index (κ3) is 3.69. The average molecular weight is 335 g/mol. The van der Waals surface area contributed by atoms with Crippen molar-refractivity contribution < 1.29 is 13.2 Å². The van der Waals surface area contributed by atoms with Crippen LogP contribution in [0.15, 0.2) is 17.0 Å². The van der Waals surface area contributed by atoms with E-state index in [4.69, 9.17) is 4.74 Å². The van der Waals surface area contributed by atoms with Gasteiger partial charge in [0.1, 0.15) is 10.6 Å². The van der Waals surface area contributed by atoms with Crippen LogP contribution in [-0.4, -0.2) is 45.5 Å². The van der Waals surface area contributed by atoms with Crippen LogP contribution in [0.5, 0.6) is 5.75 Å². The van der Waals surface area contributed by atoms with Gasteiger partial charge in [0, 0.05) is 25.7 Å². The van der Waals surface area contributed by atoms with Gasteiger partial charge in [-0.1, -0.05) is 6.07 Å². The summed E-state index contributed by atoms with van der Waals surface area (Å²) in [5, 5.41) is 3.25. The molecule has 0 spiro atoms. The molecule has 0 aromatic heterocycles. The maximum absolute atomic E-state index is 12.8. The molecule has 1 N–H and O–H groups in total. The molecule has 1 aliphatic heterocycles. The second-order valence-corrected chi connectivity index (χ2v) is 7.24. The number of benzene rings is 1. The van der Waals surface area contributed by atoms with E-state index in [-0.39, 0.29) is 23.3 Å². The molecule has 1 fully saturated rings. The topological polar surface area (TPSA) is 58.6 Å². The highest BCUT2D eigenvalue weighted by atomic mass is 35.5. The molecule has 1 saturated heterocycles. The SMILES string of the molecule is COc1c(C)cc(C)cc1S(=O)(=O)N1CCN[C@@H](C)C1.Cl. The van der Waals surface area contributed by atoms with E-state index in [1.807, 2.05) is 26.8 Å². The molecule has 7 heteroatoms. The molecule has 21 heavy (non-hydrogen) atoms. The lowest BCUT2D eigenvalue weighted by Crippen LogP contribution is -2.51. The minimum Gasteiger partial charge on any atom is -0.495 e. The molecule has 2 rings (SSSR count). The van der Waals surface area contributed by atoms with Crippen molar-refractivity contribution in [2.24, 2.45) is 0 Å². The van der Waals surface area contributed by atoms with E-state index in [0.717, 1.165) is 11.1 Å². The molecule has 1 aliphatic rings. The Morgan fingerprint density at radius 3 is 2.57 bits per heavy atom. The zero-order valence-electron chi connectivity index (χ0n) is 12.8. The van der Waals surface area contributed by atoms with Crippen molar-refractivity contribution in [2.45, 2.75) is 31.7 Å². The number of aryl methyl sites for hydroxylation is 2. The molecule has 120 valence electrons. The summed E-state index contributed by atoms with van der Waals surface area (Å²) in [6, 6.07) is 3.78. The van der Waals surface area contributed by atoms with Gasteiger partial charge >= 0.3 is 0 Å². The van der Waals surface area contributed by atoms with E-state index in [2.05, 4.69) is 5.32 Å². The molecule has 5 nitrogen and oxygen atoms in total. The van der Waals surface area contributed by atoms with Crippen LogP contribution in [0.3, 0.4) is 0 Å². The number of methoxy groups -OCH3 is 1. The van der Waals surface area contributed by atoms with E-state index in [9.17, 15) is 8.42 Å². The van der Waals surface area contributed by atoms with Crippen LogP contribution in [0, 0.1) is 13.8 Å². The quantitative estimate of drug-likeness (QED) is 0.914. The Bertz CT molecular complexity index is 604. The summed E-state index contributed by atoms with van der Waals surface area (Å²) in [6.45, 7) is 7.40. The van der Waals surface area contributed by atoms with Gasteiger partial charge in [-0.3, -0.25) is 0 Å². The van der Waals surface area contributed by atoms with Crippen LogP contribution in [0.4, 0.5) is 0 Å². The fourth-order valence-corrected chi connectivity index (χ4v) is 4.47. The molecule has 1 atom stereocenters. The first-order chi connectivity index (χ1) is 9.36. The zero-order chi connectivity index (χ0) is 14.9. The van der Waals surface area contributed by atoms with Crippen LogP contribution in [0.1, 0.15) is 18.1 Å². The lowest BCUT2D eigenvalue weighted by atomic mass is 10.1. The first-order valence-electron chi connectivity index (χ1n) is 6.75. The second kappa shape index (κ2) is 6.96. The summed E-state index contributed by atoms with van der Waals surface area (Å²) >= 11 is 0. The lowest BCUT2D eigenvalue weighted by molar-refractivity contribution is 0.308. The third-order valence-electron chi connectivity index (χ3n) is 3.54. The fraction of sp³-hybridized carbons (Fsp3) is 0.571. The number of piperazine rings is 1. The zero-order valence-corrected chi connectivity index (χ0v) is 14.5. The molecular formula is C14H23ClN2O3S. The predicted octanol–water partition coefficient (Wildman–Crippen LogP) is 1.72. The van der Waals surface area contributed by atoms with Crippen LogP contribution >= 0.6 is 12.4 Å². The normalized spacial score (nSPS) is 19.9. The van der Waals surface area contributed by atoms with Gasteiger partial charge in [-0.05, 0) is 38.0 Å². The first kappa shape index (κ1) is 18.2. The summed E-state index contributed by atoms with van der Waals surface area (Å²) in [7, 11) is -2.00. The lowest BCUT2D eigenvalue weighted by Gasteiger charge is -2.31. The molecule has 0 saturated carbocycles. The third-order valence-corrected chi connectivity index (χ3v) is 5.41. The molecule has 0 aliphatic carbocycles. The van der Waals surface area contributed by atoms with Gasteiger partial charge in [-0.15, -0.1) is 12.4 Å². The Morgan fingerprint density at radius 2 is 2.00 bits per heavy atom. The van der Waals surface area contributed by atoms with Crippen molar-refractivity contribution in [3.05, 3.63) is 23.3 Å². The molecule has 1 aromatic carbocycles. The van der Waals surface area contributed by atoms with Crippen LogP contribution in [0.25, 0.3) is 0 Å². The van der Waals surface area contributed by atoms with E-state index in [0.29, 0.717) is 25.4 Å². The number of sulfonamides is 1.